The molecule has 0 aromatic heterocycles. The lowest BCUT2D eigenvalue weighted by Crippen LogP contribution is -1.90. The molecule has 13 heavy (non-hydrogen) atoms. The van der Waals surface area contributed by atoms with Gasteiger partial charge in [-0.1, -0.05) is 29.8 Å². The lowest BCUT2D eigenvalue weighted by molar-refractivity contribution is -0.113. The molecule has 0 aliphatic heterocycles. The normalized spacial score (nSPS) is 11.5. The maximum absolute atomic E-state index is 10.9. The Kier molecular flexibility index (Phi) is 3.02. The maximum atomic E-state index is 10.9. The summed E-state index contributed by atoms with van der Waals surface area (Å²) in [6.45, 7) is 5.47. The van der Waals surface area contributed by atoms with Gasteiger partial charge in [0.2, 0.25) is 0 Å². The van der Waals surface area contributed by atoms with Gasteiger partial charge in [-0.15, -0.1) is 0 Å². The van der Waals surface area contributed by atoms with Crippen molar-refractivity contribution in [2.24, 2.45) is 0 Å². The Morgan fingerprint density at radius 2 is 1.69 bits per heavy atom. The molecule has 0 fully saturated rings. The van der Waals surface area contributed by atoms with Crippen molar-refractivity contribution >= 4 is 11.9 Å². The molecular weight excluding hydrogens is 160 g/mol. The number of allylic oxidation sites excluding steroid dienone is 1. The average Bonchev–Trinajstić information content (AvgIpc) is 2.08. The predicted octanol–water partition coefficient (Wildman–Crippen LogP) is 2.99. The molecule has 1 aromatic carbocycles. The molecule has 0 heterocycles. The van der Waals surface area contributed by atoms with Crippen molar-refractivity contribution in [3.63, 3.8) is 0 Å². The van der Waals surface area contributed by atoms with Crippen LogP contribution >= 0.6 is 0 Å². The lowest BCUT2D eigenvalue weighted by atomic mass is 10.1. The van der Waals surface area contributed by atoms with Crippen LogP contribution in [-0.4, -0.2) is 5.78 Å². The highest BCUT2D eigenvalue weighted by atomic mass is 16.1. The number of aryl methyl sites for hydroxylation is 1. The second-order valence-electron chi connectivity index (χ2n) is 3.29. The third-order valence-corrected chi connectivity index (χ3v) is 2.02. The van der Waals surface area contributed by atoms with Crippen LogP contribution in [0.5, 0.6) is 0 Å². The van der Waals surface area contributed by atoms with Crippen LogP contribution in [0.25, 0.3) is 6.08 Å². The Labute approximate surface area is 79.1 Å². The standard InChI is InChI=1S/C12H14O/c1-9-4-6-12(7-5-9)8-10(2)11(3)13/h4-8H,1-3H3/b10-8-. The molecule has 0 radical (unpaired) electrons. The van der Waals surface area contributed by atoms with E-state index in [0.29, 0.717) is 0 Å². The fraction of sp³-hybridized carbons (Fsp3) is 0.250. The number of Topliss-reactive ketones (excluding diaryl/α,β-unsaturated/α-hetero) is 1. The van der Waals surface area contributed by atoms with E-state index in [4.69, 9.17) is 0 Å². The van der Waals surface area contributed by atoms with Gasteiger partial charge in [0.1, 0.15) is 0 Å². The number of carbonyl (C=O) groups excluding carboxylic acids is 1. The van der Waals surface area contributed by atoms with E-state index in [1.807, 2.05) is 44.2 Å². The van der Waals surface area contributed by atoms with E-state index >= 15 is 0 Å². The first-order valence-corrected chi connectivity index (χ1v) is 4.35. The van der Waals surface area contributed by atoms with Crippen LogP contribution in [-0.2, 0) is 4.79 Å². The van der Waals surface area contributed by atoms with Gasteiger partial charge in [0.05, 0.1) is 0 Å². The molecule has 0 amide bonds. The van der Waals surface area contributed by atoms with Crippen molar-refractivity contribution in [2.75, 3.05) is 0 Å². The van der Waals surface area contributed by atoms with Gasteiger partial charge in [0, 0.05) is 0 Å². The second-order valence-corrected chi connectivity index (χ2v) is 3.29. The average molecular weight is 174 g/mol. The minimum absolute atomic E-state index is 0.126. The first-order valence-electron chi connectivity index (χ1n) is 4.35. The van der Waals surface area contributed by atoms with Crippen LogP contribution in [0.1, 0.15) is 25.0 Å². The Morgan fingerprint density at radius 3 is 2.15 bits per heavy atom. The molecule has 0 saturated carbocycles. The van der Waals surface area contributed by atoms with Crippen molar-refractivity contribution in [2.45, 2.75) is 20.8 Å². The molecule has 0 atom stereocenters. The summed E-state index contributed by atoms with van der Waals surface area (Å²) < 4.78 is 0. The van der Waals surface area contributed by atoms with Gasteiger partial charge in [0.25, 0.3) is 0 Å². The lowest BCUT2D eigenvalue weighted by Gasteiger charge is -1.97. The molecule has 0 aliphatic carbocycles. The Bertz CT molecular complexity index is 331. The zero-order chi connectivity index (χ0) is 9.84. The van der Waals surface area contributed by atoms with Gasteiger partial charge in [-0.25, -0.2) is 0 Å². The summed E-state index contributed by atoms with van der Waals surface area (Å²) in [5, 5.41) is 0. The molecule has 0 spiro atoms. The smallest absolute Gasteiger partial charge is 0.155 e. The summed E-state index contributed by atoms with van der Waals surface area (Å²) in [6.07, 6.45) is 1.90. The van der Waals surface area contributed by atoms with Gasteiger partial charge in [-0.3, -0.25) is 4.79 Å². The zero-order valence-electron chi connectivity index (χ0n) is 8.29. The van der Waals surface area contributed by atoms with Crippen LogP contribution in [0.3, 0.4) is 0 Å². The number of ketones is 1. The first-order chi connectivity index (χ1) is 6.09. The minimum atomic E-state index is 0.126. The highest BCUT2D eigenvalue weighted by molar-refractivity contribution is 5.97. The van der Waals surface area contributed by atoms with E-state index in [2.05, 4.69) is 0 Å². The third kappa shape index (κ3) is 2.86. The quantitative estimate of drug-likeness (QED) is 0.630. The number of carbonyl (C=O) groups is 1. The van der Waals surface area contributed by atoms with Crippen LogP contribution in [0.2, 0.25) is 0 Å². The fourth-order valence-corrected chi connectivity index (χ4v) is 1.01. The SMILES string of the molecule is CC(=O)/C(C)=C\c1ccc(C)cc1. The second kappa shape index (κ2) is 4.04. The van der Waals surface area contributed by atoms with E-state index in [-0.39, 0.29) is 5.78 Å². The van der Waals surface area contributed by atoms with Crippen molar-refractivity contribution in [3.8, 4) is 0 Å². The van der Waals surface area contributed by atoms with Gasteiger partial charge >= 0.3 is 0 Å². The van der Waals surface area contributed by atoms with Crippen LogP contribution < -0.4 is 0 Å². The summed E-state index contributed by atoms with van der Waals surface area (Å²) >= 11 is 0. The first kappa shape index (κ1) is 9.72. The number of hydrogen-bond acceptors (Lipinski definition) is 1. The summed E-state index contributed by atoms with van der Waals surface area (Å²) in [6, 6.07) is 8.11. The summed E-state index contributed by atoms with van der Waals surface area (Å²) in [5.74, 6) is 0.126. The molecule has 1 rings (SSSR count). The summed E-state index contributed by atoms with van der Waals surface area (Å²) in [5.41, 5.74) is 3.11. The molecule has 1 heteroatoms. The van der Waals surface area contributed by atoms with Crippen molar-refractivity contribution in [1.29, 1.82) is 0 Å². The van der Waals surface area contributed by atoms with Crippen molar-refractivity contribution < 1.29 is 4.79 Å². The van der Waals surface area contributed by atoms with Crippen LogP contribution in [0.4, 0.5) is 0 Å². The van der Waals surface area contributed by atoms with E-state index in [9.17, 15) is 4.79 Å². The highest BCUT2D eigenvalue weighted by Crippen LogP contribution is 2.08. The van der Waals surface area contributed by atoms with Gasteiger partial charge < -0.3 is 0 Å². The Balaban J connectivity index is 2.92. The molecule has 1 nitrogen and oxygen atoms in total. The minimum Gasteiger partial charge on any atom is -0.295 e. The molecule has 0 N–H and O–H groups in total. The molecule has 1 aromatic rings. The summed E-state index contributed by atoms with van der Waals surface area (Å²) in [4.78, 5) is 10.9. The zero-order valence-corrected chi connectivity index (χ0v) is 8.29. The van der Waals surface area contributed by atoms with Gasteiger partial charge in [-0.05, 0) is 38.0 Å². The Hall–Kier alpha value is -1.37. The molecular formula is C12H14O. The number of rotatable bonds is 2. The fourth-order valence-electron chi connectivity index (χ4n) is 1.01. The number of benzene rings is 1. The van der Waals surface area contributed by atoms with E-state index < -0.39 is 0 Å². The Morgan fingerprint density at radius 1 is 1.15 bits per heavy atom. The van der Waals surface area contributed by atoms with E-state index in [0.717, 1.165) is 11.1 Å². The molecule has 0 saturated heterocycles. The summed E-state index contributed by atoms with van der Waals surface area (Å²) in [7, 11) is 0. The van der Waals surface area contributed by atoms with Crippen molar-refractivity contribution in [3.05, 3.63) is 41.0 Å². The monoisotopic (exact) mass is 174 g/mol. The molecule has 68 valence electrons. The van der Waals surface area contributed by atoms with E-state index in [1.165, 1.54) is 5.56 Å². The number of hydrogen-bond donors (Lipinski definition) is 0. The van der Waals surface area contributed by atoms with Gasteiger partial charge in [0.15, 0.2) is 5.78 Å². The molecule has 0 unspecified atom stereocenters. The van der Waals surface area contributed by atoms with Gasteiger partial charge in [-0.2, -0.15) is 0 Å². The predicted molar refractivity (Wildman–Crippen MR) is 55.5 cm³/mol. The highest BCUT2D eigenvalue weighted by Gasteiger charge is 1.95. The molecule has 0 aliphatic rings. The maximum Gasteiger partial charge on any atom is 0.155 e. The van der Waals surface area contributed by atoms with E-state index in [1.54, 1.807) is 6.92 Å². The molecule has 0 bridgehead atoms. The topological polar surface area (TPSA) is 17.1 Å². The van der Waals surface area contributed by atoms with Crippen LogP contribution in [0.15, 0.2) is 29.8 Å². The third-order valence-electron chi connectivity index (χ3n) is 2.02. The largest absolute Gasteiger partial charge is 0.295 e. The van der Waals surface area contributed by atoms with Crippen LogP contribution in [0, 0.1) is 6.92 Å². The van der Waals surface area contributed by atoms with Crippen molar-refractivity contribution in [1.82, 2.24) is 0 Å².